The number of nitrogens with zero attached hydrogens (tertiary/aromatic N) is 4. The minimum atomic E-state index is -0.929. The van der Waals surface area contributed by atoms with Gasteiger partial charge in [0.25, 0.3) is 0 Å². The Labute approximate surface area is 269 Å². The zero-order valence-corrected chi connectivity index (χ0v) is 25.8. The molecule has 0 saturated carbocycles. The molecule has 10 radical (unpaired) electrons. The lowest BCUT2D eigenvalue weighted by Crippen LogP contribution is -2.55. The van der Waals surface area contributed by atoms with E-state index in [4.69, 9.17) is 53.6 Å². The number of furan rings is 1. The highest BCUT2D eigenvalue weighted by atomic mass is 16.3. The van der Waals surface area contributed by atoms with Gasteiger partial charge in [0.05, 0.1) is 10.8 Å². The van der Waals surface area contributed by atoms with E-state index < -0.39 is 10.8 Å². The molecule has 12 heteroatoms. The Morgan fingerprint density at radius 1 is 0.644 bits per heavy atom. The third-order valence-corrected chi connectivity index (χ3v) is 9.94. The second-order valence-corrected chi connectivity index (χ2v) is 11.6. The number of para-hydroxylation sites is 1. The van der Waals surface area contributed by atoms with Crippen LogP contribution in [0.25, 0.3) is 44.7 Å². The quantitative estimate of drug-likeness (QED) is 0.214. The predicted octanol–water partition coefficient (Wildman–Crippen LogP) is 1.56. The van der Waals surface area contributed by atoms with Crippen LogP contribution in [-0.4, -0.2) is 66.0 Å². The third kappa shape index (κ3) is 4.20. The summed E-state index contributed by atoms with van der Waals surface area (Å²) < 4.78 is 6.11. The highest BCUT2D eigenvalue weighted by molar-refractivity contribution is 6.68. The molecule has 45 heavy (non-hydrogen) atoms. The van der Waals surface area contributed by atoms with Gasteiger partial charge in [0.1, 0.15) is 50.4 Å². The first-order valence-electron chi connectivity index (χ1n) is 15.1. The van der Waals surface area contributed by atoms with Gasteiger partial charge in [0.15, 0.2) is 11.6 Å². The lowest BCUT2D eigenvalue weighted by Gasteiger charge is -2.39. The number of carbonyl (C=O) groups is 2. The van der Waals surface area contributed by atoms with Gasteiger partial charge in [-0.25, -0.2) is 9.88 Å². The molecule has 0 atom stereocenters. The molecule has 2 amide bonds. The van der Waals surface area contributed by atoms with Gasteiger partial charge < -0.3 is 4.42 Å². The van der Waals surface area contributed by atoms with Gasteiger partial charge in [-0.1, -0.05) is 62.9 Å². The van der Waals surface area contributed by atoms with Crippen molar-refractivity contribution in [2.75, 3.05) is 4.90 Å². The van der Waals surface area contributed by atoms with E-state index in [2.05, 4.69) is 4.98 Å². The Balaban J connectivity index is 1.64. The average Bonchev–Trinajstić information content (AvgIpc) is 3.52. The summed E-state index contributed by atoms with van der Waals surface area (Å²) in [7, 11) is 31.3. The number of amides is 2. The Kier molecular flexibility index (Phi) is 7.61. The molecule has 2 aromatic heterocycles. The summed E-state index contributed by atoms with van der Waals surface area (Å²) in [6.45, 7) is 7.75. The van der Waals surface area contributed by atoms with Gasteiger partial charge in [-0.05, 0) is 43.9 Å². The molecule has 0 aliphatic carbocycles. The van der Waals surface area contributed by atoms with Gasteiger partial charge in [-0.2, -0.15) is 9.97 Å². The fraction of sp³-hybridized carbons (Fsp3) is 0.303. The average molecular weight is 582 g/mol. The number of rotatable bonds is 7. The van der Waals surface area contributed by atoms with Crippen LogP contribution in [-0.2, 0) is 9.59 Å². The number of hydrogen-bond acceptors (Lipinski definition) is 6. The maximum Gasteiger partial charge on any atom is 0.243 e. The molecule has 0 N–H and O–H groups in total. The second-order valence-electron chi connectivity index (χ2n) is 11.6. The molecule has 5 aromatic rings. The van der Waals surface area contributed by atoms with Crippen molar-refractivity contribution in [3.8, 4) is 22.8 Å². The molecular formula is C33H27B5N4O3. The predicted molar refractivity (Wildman–Crippen MR) is 183 cm³/mol. The Morgan fingerprint density at radius 2 is 1.16 bits per heavy atom. The van der Waals surface area contributed by atoms with E-state index in [0.29, 0.717) is 36.8 Å². The van der Waals surface area contributed by atoms with Crippen LogP contribution >= 0.6 is 0 Å². The molecule has 7 nitrogen and oxygen atoms in total. The number of carbonyl (C=O) groups excluding carboxylic acids is 2. The van der Waals surface area contributed by atoms with Crippen molar-refractivity contribution in [2.24, 2.45) is 10.8 Å². The number of fused-ring (bicyclic) bond motifs is 3. The SMILES string of the molecule is [B]c1c([B])c([B])c(-c2nc(-c3ccc4c(c3)oc3ccccc34)nc(N3C(=O)C(CC)(CC)C(CC)(CC)C3=O)n2)c([B])c1[B]. The van der Waals surface area contributed by atoms with Gasteiger partial charge in [0, 0.05) is 21.9 Å². The number of aromatic nitrogens is 3. The molecule has 6 rings (SSSR count). The summed E-state index contributed by atoms with van der Waals surface area (Å²) in [5.74, 6) is -0.700. The molecule has 212 valence electrons. The Morgan fingerprint density at radius 3 is 1.73 bits per heavy atom. The van der Waals surface area contributed by atoms with Gasteiger partial charge in [0.2, 0.25) is 17.8 Å². The van der Waals surface area contributed by atoms with E-state index in [-0.39, 0.29) is 62.3 Å². The molecule has 0 spiro atoms. The second kappa shape index (κ2) is 11.1. The molecule has 0 unspecified atom stereocenters. The minimum absolute atomic E-state index is 0.0158. The van der Waals surface area contributed by atoms with E-state index in [9.17, 15) is 9.59 Å². The summed E-state index contributed by atoms with van der Waals surface area (Å²) >= 11 is 0. The minimum Gasteiger partial charge on any atom is -0.456 e. The van der Waals surface area contributed by atoms with Crippen LogP contribution in [0.4, 0.5) is 5.95 Å². The standard InChI is InChI=1S/C33H27B5N4O3/c1-5-32(6-2)29(43)42(30(44)33(32,7-3)8-4)31-40-27(16-13-14-18-17-11-9-10-12-19(17)45-20(18)15-16)39-28(41-31)21-22(34)24(36)26(38)25(37)23(21)35/h9-15H,5-8H2,1-4H3. The Hall–Kier alpha value is -4.07. The van der Waals surface area contributed by atoms with Gasteiger partial charge in [-0.3, -0.25) is 9.59 Å². The lowest BCUT2D eigenvalue weighted by molar-refractivity contribution is -0.136. The van der Waals surface area contributed by atoms with Crippen molar-refractivity contribution in [3.05, 3.63) is 42.5 Å². The van der Waals surface area contributed by atoms with Crippen LogP contribution in [0.15, 0.2) is 46.9 Å². The van der Waals surface area contributed by atoms with Crippen LogP contribution in [0.2, 0.25) is 0 Å². The van der Waals surface area contributed by atoms with Crippen molar-refractivity contribution >= 4 is 106 Å². The van der Waals surface area contributed by atoms with Crippen molar-refractivity contribution in [2.45, 2.75) is 53.4 Å². The van der Waals surface area contributed by atoms with E-state index in [1.807, 2.05) is 64.1 Å². The van der Waals surface area contributed by atoms with Crippen LogP contribution in [0, 0.1) is 10.8 Å². The van der Waals surface area contributed by atoms with Gasteiger partial charge in [-0.15, -0.1) is 16.4 Å². The number of hydrogen-bond donors (Lipinski definition) is 0. The summed E-state index contributed by atoms with van der Waals surface area (Å²) in [5.41, 5.74) is 0.263. The maximum atomic E-state index is 14.4. The summed E-state index contributed by atoms with van der Waals surface area (Å²) in [6.07, 6.45) is 1.91. The lowest BCUT2D eigenvalue weighted by atomic mass is 9.59. The fourth-order valence-corrected chi connectivity index (χ4v) is 7.23. The Bertz CT molecular complexity index is 1980. The van der Waals surface area contributed by atoms with Crippen molar-refractivity contribution in [1.29, 1.82) is 0 Å². The largest absolute Gasteiger partial charge is 0.456 e. The smallest absolute Gasteiger partial charge is 0.243 e. The highest BCUT2D eigenvalue weighted by Crippen LogP contribution is 2.57. The van der Waals surface area contributed by atoms with Crippen LogP contribution in [0.5, 0.6) is 0 Å². The number of imide groups is 1. The normalized spacial score (nSPS) is 15.9. The molecule has 1 fully saturated rings. The zero-order valence-electron chi connectivity index (χ0n) is 25.8. The van der Waals surface area contributed by atoms with Crippen molar-refractivity contribution in [3.63, 3.8) is 0 Å². The molecule has 3 heterocycles. The van der Waals surface area contributed by atoms with Crippen molar-refractivity contribution < 1.29 is 14.0 Å². The first-order chi connectivity index (χ1) is 21.5. The number of benzene rings is 3. The molecule has 1 saturated heterocycles. The summed E-state index contributed by atoms with van der Waals surface area (Å²) in [5, 5.41) is 1.87. The summed E-state index contributed by atoms with van der Waals surface area (Å²) in [4.78, 5) is 43.9. The molecule has 1 aliphatic rings. The van der Waals surface area contributed by atoms with E-state index >= 15 is 0 Å². The van der Waals surface area contributed by atoms with Gasteiger partial charge >= 0.3 is 0 Å². The van der Waals surface area contributed by atoms with E-state index in [0.717, 1.165) is 21.3 Å². The van der Waals surface area contributed by atoms with E-state index in [1.165, 1.54) is 0 Å². The fourth-order valence-electron chi connectivity index (χ4n) is 7.23. The number of anilines is 1. The molecular weight excluding hydrogens is 554 g/mol. The summed E-state index contributed by atoms with van der Waals surface area (Å²) in [6, 6.07) is 13.3. The first-order valence-corrected chi connectivity index (χ1v) is 15.1. The topological polar surface area (TPSA) is 89.2 Å². The van der Waals surface area contributed by atoms with Crippen molar-refractivity contribution in [1.82, 2.24) is 15.0 Å². The van der Waals surface area contributed by atoms with Crippen LogP contribution in [0.1, 0.15) is 53.4 Å². The molecule has 1 aliphatic heterocycles. The van der Waals surface area contributed by atoms with Crippen LogP contribution < -0.4 is 32.2 Å². The molecule has 3 aromatic carbocycles. The van der Waals surface area contributed by atoms with E-state index in [1.54, 1.807) is 6.07 Å². The molecule has 0 bridgehead atoms. The third-order valence-electron chi connectivity index (χ3n) is 9.94. The maximum absolute atomic E-state index is 14.4. The first kappa shape index (κ1) is 30.9. The highest BCUT2D eigenvalue weighted by Gasteiger charge is 2.66. The van der Waals surface area contributed by atoms with Crippen LogP contribution in [0.3, 0.4) is 0 Å². The monoisotopic (exact) mass is 582 g/mol. The zero-order chi connectivity index (χ0) is 32.4.